The number of aromatic nitrogens is 1. The van der Waals surface area contributed by atoms with Crippen LogP contribution in [0.3, 0.4) is 0 Å². The molecule has 0 spiro atoms. The highest BCUT2D eigenvalue weighted by Gasteiger charge is 2.05. The summed E-state index contributed by atoms with van der Waals surface area (Å²) in [6.07, 6.45) is 1.72. The van der Waals surface area contributed by atoms with E-state index >= 15 is 0 Å². The minimum Gasteiger partial charge on any atom is -0.260 e. The van der Waals surface area contributed by atoms with Gasteiger partial charge < -0.3 is 0 Å². The smallest absolute Gasteiger partial charge is 0.0705 e. The Labute approximate surface area is 117 Å². The SMILES string of the molecule is Cl.O=S(Cc1ccccn1)c1ccc(Br)cc1. The average molecular weight is 333 g/mol. The van der Waals surface area contributed by atoms with Crippen molar-refractivity contribution in [2.45, 2.75) is 10.6 Å². The molecule has 0 aliphatic heterocycles. The highest BCUT2D eigenvalue weighted by Crippen LogP contribution is 2.15. The monoisotopic (exact) mass is 331 g/mol. The van der Waals surface area contributed by atoms with Crippen molar-refractivity contribution in [1.29, 1.82) is 0 Å². The van der Waals surface area contributed by atoms with Crippen LogP contribution in [-0.2, 0) is 16.6 Å². The van der Waals surface area contributed by atoms with E-state index in [0.717, 1.165) is 15.1 Å². The Morgan fingerprint density at radius 2 is 1.82 bits per heavy atom. The Hall–Kier alpha value is -0.710. The maximum Gasteiger partial charge on any atom is 0.0705 e. The summed E-state index contributed by atoms with van der Waals surface area (Å²) < 4.78 is 13.0. The molecule has 0 amide bonds. The van der Waals surface area contributed by atoms with Gasteiger partial charge in [0.2, 0.25) is 0 Å². The summed E-state index contributed by atoms with van der Waals surface area (Å²) in [6.45, 7) is 0. The lowest BCUT2D eigenvalue weighted by Gasteiger charge is -2.01. The number of halogens is 2. The summed E-state index contributed by atoms with van der Waals surface area (Å²) >= 11 is 3.35. The zero-order chi connectivity index (χ0) is 11.4. The maximum absolute atomic E-state index is 12.0. The third-order valence-corrected chi connectivity index (χ3v) is 3.97. The van der Waals surface area contributed by atoms with Gasteiger partial charge in [0.1, 0.15) is 0 Å². The molecule has 1 unspecified atom stereocenters. The Morgan fingerprint density at radius 3 is 2.41 bits per heavy atom. The van der Waals surface area contributed by atoms with E-state index in [1.807, 2.05) is 42.5 Å². The lowest BCUT2D eigenvalue weighted by molar-refractivity contribution is 0.682. The summed E-state index contributed by atoms with van der Waals surface area (Å²) in [5, 5.41) is 0. The fourth-order valence-electron chi connectivity index (χ4n) is 1.29. The molecule has 1 heterocycles. The molecule has 0 bridgehead atoms. The van der Waals surface area contributed by atoms with Gasteiger partial charge in [0.15, 0.2) is 0 Å². The lowest BCUT2D eigenvalue weighted by Crippen LogP contribution is -1.97. The van der Waals surface area contributed by atoms with Crippen LogP contribution in [0.15, 0.2) is 58.0 Å². The van der Waals surface area contributed by atoms with Crippen molar-refractivity contribution in [3.05, 3.63) is 58.8 Å². The quantitative estimate of drug-likeness (QED) is 0.860. The number of benzene rings is 1. The number of pyridine rings is 1. The molecule has 1 aromatic carbocycles. The second-order valence-electron chi connectivity index (χ2n) is 3.26. The number of nitrogens with zero attached hydrogens (tertiary/aromatic N) is 1. The summed E-state index contributed by atoms with van der Waals surface area (Å²) in [7, 11) is -1.03. The van der Waals surface area contributed by atoms with Crippen molar-refractivity contribution in [3.8, 4) is 0 Å². The van der Waals surface area contributed by atoms with Gasteiger partial charge in [0, 0.05) is 15.6 Å². The Bertz CT molecular complexity index is 490. The molecule has 0 saturated heterocycles. The molecule has 0 aliphatic carbocycles. The molecule has 0 aliphatic rings. The molecular formula is C12H11BrClNOS. The van der Waals surface area contributed by atoms with Crippen molar-refractivity contribution in [3.63, 3.8) is 0 Å². The van der Waals surface area contributed by atoms with Crippen LogP contribution in [0.25, 0.3) is 0 Å². The first-order valence-corrected chi connectivity index (χ1v) is 6.91. The van der Waals surface area contributed by atoms with Gasteiger partial charge in [-0.2, -0.15) is 0 Å². The molecule has 2 aromatic rings. The molecular weight excluding hydrogens is 322 g/mol. The van der Waals surface area contributed by atoms with Crippen LogP contribution in [0.4, 0.5) is 0 Å². The Balaban J connectivity index is 0.00000144. The van der Waals surface area contributed by atoms with Crippen molar-refractivity contribution >= 4 is 39.1 Å². The minimum atomic E-state index is -1.03. The summed E-state index contributed by atoms with van der Waals surface area (Å²) in [5.74, 6) is 0.461. The molecule has 0 fully saturated rings. The second kappa shape index (κ2) is 6.89. The van der Waals surface area contributed by atoms with Gasteiger partial charge in [0.25, 0.3) is 0 Å². The molecule has 0 saturated carbocycles. The van der Waals surface area contributed by atoms with Gasteiger partial charge in [-0.3, -0.25) is 9.19 Å². The predicted octanol–water partition coefficient (Wildman–Crippen LogP) is 3.57. The highest BCUT2D eigenvalue weighted by molar-refractivity contribution is 9.10. The first-order valence-electron chi connectivity index (χ1n) is 4.79. The third kappa shape index (κ3) is 4.22. The van der Waals surface area contributed by atoms with Crippen LogP contribution < -0.4 is 0 Å². The number of rotatable bonds is 3. The summed E-state index contributed by atoms with van der Waals surface area (Å²) in [4.78, 5) is 4.99. The van der Waals surface area contributed by atoms with Crippen molar-refractivity contribution in [2.24, 2.45) is 0 Å². The first kappa shape index (κ1) is 14.4. The van der Waals surface area contributed by atoms with E-state index in [-0.39, 0.29) is 12.4 Å². The molecule has 1 aromatic heterocycles. The molecule has 0 N–H and O–H groups in total. The normalized spacial score (nSPS) is 11.6. The van der Waals surface area contributed by atoms with Crippen LogP contribution >= 0.6 is 28.3 Å². The van der Waals surface area contributed by atoms with Crippen LogP contribution in [-0.4, -0.2) is 9.19 Å². The van der Waals surface area contributed by atoms with E-state index in [1.165, 1.54) is 0 Å². The van der Waals surface area contributed by atoms with Crippen LogP contribution in [0, 0.1) is 0 Å². The predicted molar refractivity (Wildman–Crippen MR) is 75.7 cm³/mol. The molecule has 1 atom stereocenters. The number of hydrogen-bond acceptors (Lipinski definition) is 2. The molecule has 17 heavy (non-hydrogen) atoms. The first-order chi connectivity index (χ1) is 7.75. The summed E-state index contributed by atoms with van der Waals surface area (Å²) in [6, 6.07) is 13.2. The zero-order valence-corrected chi connectivity index (χ0v) is 12.1. The largest absolute Gasteiger partial charge is 0.260 e. The van der Waals surface area contributed by atoms with Crippen LogP contribution in [0.5, 0.6) is 0 Å². The second-order valence-corrected chi connectivity index (χ2v) is 5.63. The molecule has 0 radical (unpaired) electrons. The highest BCUT2D eigenvalue weighted by atomic mass is 79.9. The third-order valence-electron chi connectivity index (χ3n) is 2.08. The lowest BCUT2D eigenvalue weighted by atomic mass is 10.4. The van der Waals surface area contributed by atoms with E-state index < -0.39 is 10.8 Å². The average Bonchev–Trinajstić information content (AvgIpc) is 2.31. The van der Waals surface area contributed by atoms with Gasteiger partial charge in [-0.05, 0) is 36.4 Å². The standard InChI is InChI=1S/C12H10BrNOS.ClH/c13-10-4-6-12(7-5-10)16(15)9-11-3-1-2-8-14-11;/h1-8H,9H2;1H. The van der Waals surface area contributed by atoms with Gasteiger partial charge in [-0.1, -0.05) is 22.0 Å². The van der Waals surface area contributed by atoms with E-state index in [0.29, 0.717) is 5.75 Å². The van der Waals surface area contributed by atoms with Gasteiger partial charge in [-0.15, -0.1) is 12.4 Å². The van der Waals surface area contributed by atoms with E-state index in [4.69, 9.17) is 0 Å². The fourth-order valence-corrected chi connectivity index (χ4v) is 2.60. The Morgan fingerprint density at radius 1 is 1.12 bits per heavy atom. The van der Waals surface area contributed by atoms with Gasteiger partial charge in [-0.25, -0.2) is 0 Å². The van der Waals surface area contributed by atoms with Crippen molar-refractivity contribution in [2.75, 3.05) is 0 Å². The van der Waals surface area contributed by atoms with E-state index in [2.05, 4.69) is 20.9 Å². The van der Waals surface area contributed by atoms with Crippen molar-refractivity contribution < 1.29 is 4.21 Å². The molecule has 2 rings (SSSR count). The van der Waals surface area contributed by atoms with Crippen LogP contribution in [0.2, 0.25) is 0 Å². The topological polar surface area (TPSA) is 30.0 Å². The maximum atomic E-state index is 12.0. The van der Waals surface area contributed by atoms with E-state index in [1.54, 1.807) is 6.20 Å². The molecule has 90 valence electrons. The van der Waals surface area contributed by atoms with Gasteiger partial charge in [0.05, 0.1) is 22.2 Å². The Kier molecular flexibility index (Phi) is 5.82. The number of hydrogen-bond donors (Lipinski definition) is 0. The van der Waals surface area contributed by atoms with Crippen LogP contribution in [0.1, 0.15) is 5.69 Å². The van der Waals surface area contributed by atoms with Crippen molar-refractivity contribution in [1.82, 2.24) is 4.98 Å². The molecule has 2 nitrogen and oxygen atoms in total. The van der Waals surface area contributed by atoms with E-state index in [9.17, 15) is 4.21 Å². The summed E-state index contributed by atoms with van der Waals surface area (Å²) in [5.41, 5.74) is 0.851. The fraction of sp³-hybridized carbons (Fsp3) is 0.0833. The minimum absolute atomic E-state index is 0. The van der Waals surface area contributed by atoms with Gasteiger partial charge >= 0.3 is 0 Å². The zero-order valence-electron chi connectivity index (χ0n) is 8.88. The molecule has 5 heteroatoms.